The molecule has 0 bridgehead atoms. The van der Waals surface area contributed by atoms with Gasteiger partial charge in [-0.15, -0.1) is 0 Å². The molecule has 0 unspecified atom stereocenters. The zero-order valence-corrected chi connectivity index (χ0v) is 19.1. The minimum absolute atomic E-state index is 0.0387. The smallest absolute Gasteiger partial charge is 0.291 e. The molecule has 0 aromatic heterocycles. The topological polar surface area (TPSA) is 126 Å². The van der Waals surface area contributed by atoms with E-state index in [0.717, 1.165) is 4.90 Å². The maximum atomic E-state index is 13.8. The number of carbonyl (C=O) groups is 4. The number of nitrogens with one attached hydrogen (secondary N) is 1. The van der Waals surface area contributed by atoms with E-state index in [4.69, 9.17) is 28.9 Å². The lowest BCUT2D eigenvalue weighted by Crippen LogP contribution is -2.99. The highest BCUT2D eigenvalue weighted by Crippen LogP contribution is 2.51. The Morgan fingerprint density at radius 1 is 1.12 bits per heavy atom. The summed E-state index contributed by atoms with van der Waals surface area (Å²) >= 11 is 12.3. The molecular formula is C23H21Cl2N4O4+. The van der Waals surface area contributed by atoms with Gasteiger partial charge in [-0.1, -0.05) is 23.2 Å². The van der Waals surface area contributed by atoms with Crippen LogP contribution >= 0.6 is 23.2 Å². The molecule has 8 nitrogen and oxygen atoms in total. The molecule has 2 fully saturated rings. The number of amides is 4. The lowest BCUT2D eigenvalue weighted by atomic mass is 9.76. The van der Waals surface area contributed by atoms with Crippen LogP contribution < -0.4 is 21.3 Å². The summed E-state index contributed by atoms with van der Waals surface area (Å²) in [4.78, 5) is 53.5. The summed E-state index contributed by atoms with van der Waals surface area (Å²) in [5.41, 5.74) is 6.28. The molecular weight excluding hydrogens is 467 g/mol. The lowest BCUT2D eigenvalue weighted by molar-refractivity contribution is -0.733. The standard InChI is InChI=1S/C23H20Cl2N4O4/c1-10-14(25)7-6-13-19(10)27-22(33)23(13)18-17(15(28-23)8-9-16(26)30)20(31)29(21(18)32)12-4-2-11(24)3-5-12/h2-7,15,17-18,28H,8-9H2,1H3,(H2,26,30)(H,27,33)/p+1/t15-,17-,18+,23-/m1/s1. The fourth-order valence-corrected chi connectivity index (χ4v) is 5.85. The normalized spacial score (nSPS) is 27.8. The van der Waals surface area contributed by atoms with Crippen molar-refractivity contribution in [3.8, 4) is 0 Å². The van der Waals surface area contributed by atoms with Crippen molar-refractivity contribution in [2.24, 2.45) is 17.6 Å². The Labute approximate surface area is 199 Å². The van der Waals surface area contributed by atoms with Crippen LogP contribution in [0.25, 0.3) is 0 Å². The predicted molar refractivity (Wildman–Crippen MR) is 122 cm³/mol. The minimum Gasteiger partial charge on any atom is -0.370 e. The van der Waals surface area contributed by atoms with E-state index in [2.05, 4.69) is 5.32 Å². The van der Waals surface area contributed by atoms with Crippen molar-refractivity contribution in [3.05, 3.63) is 57.6 Å². The van der Waals surface area contributed by atoms with Gasteiger partial charge in [0.2, 0.25) is 23.3 Å². The molecule has 1 spiro atoms. The highest BCUT2D eigenvalue weighted by atomic mass is 35.5. The largest absolute Gasteiger partial charge is 0.370 e. The van der Waals surface area contributed by atoms with Crippen molar-refractivity contribution < 1.29 is 24.5 Å². The summed E-state index contributed by atoms with van der Waals surface area (Å²) < 4.78 is 0. The second kappa shape index (κ2) is 7.55. The molecule has 170 valence electrons. The Balaban J connectivity index is 1.66. The SMILES string of the molecule is Cc1c(Cl)ccc2c1NC(=O)[C@@]21[NH2+][C@H](CCC(N)=O)[C@H]2C(=O)N(c3ccc(Cl)cc3)C(=O)[C@H]21. The number of imide groups is 1. The number of nitrogens with zero attached hydrogens (tertiary/aromatic N) is 1. The maximum Gasteiger partial charge on any atom is 0.291 e. The van der Waals surface area contributed by atoms with Gasteiger partial charge in [0.1, 0.15) is 17.9 Å². The third-order valence-corrected chi connectivity index (χ3v) is 7.71. The van der Waals surface area contributed by atoms with Crippen LogP contribution in [0.4, 0.5) is 11.4 Å². The number of quaternary nitrogens is 1. The average molecular weight is 488 g/mol. The molecule has 3 aliphatic heterocycles. The molecule has 4 atom stereocenters. The van der Waals surface area contributed by atoms with Crippen LogP contribution in [0, 0.1) is 18.8 Å². The van der Waals surface area contributed by atoms with Gasteiger partial charge in [0.05, 0.1) is 11.4 Å². The number of halogens is 2. The van der Waals surface area contributed by atoms with Crippen LogP contribution in [0.5, 0.6) is 0 Å². The Kier molecular flexibility index (Phi) is 5.00. The van der Waals surface area contributed by atoms with Gasteiger partial charge in [-0.25, -0.2) is 4.90 Å². The second-order valence-electron chi connectivity index (χ2n) is 8.75. The number of rotatable bonds is 4. The van der Waals surface area contributed by atoms with Crippen molar-refractivity contribution in [1.82, 2.24) is 0 Å². The monoisotopic (exact) mass is 487 g/mol. The van der Waals surface area contributed by atoms with Crippen molar-refractivity contribution in [3.63, 3.8) is 0 Å². The van der Waals surface area contributed by atoms with Crippen LogP contribution in [0.2, 0.25) is 10.0 Å². The Hall–Kier alpha value is -2.94. The zero-order valence-electron chi connectivity index (χ0n) is 17.6. The number of primary amides is 1. The molecule has 2 saturated heterocycles. The molecule has 5 N–H and O–H groups in total. The van der Waals surface area contributed by atoms with Gasteiger partial charge < -0.3 is 16.4 Å². The van der Waals surface area contributed by atoms with Gasteiger partial charge in [-0.2, -0.15) is 0 Å². The van der Waals surface area contributed by atoms with E-state index in [-0.39, 0.29) is 18.7 Å². The van der Waals surface area contributed by atoms with Crippen LogP contribution in [0.15, 0.2) is 36.4 Å². The first kappa shape index (κ1) is 21.9. The summed E-state index contributed by atoms with van der Waals surface area (Å²) in [6.07, 6.45) is 0.303. The van der Waals surface area contributed by atoms with Gasteiger partial charge >= 0.3 is 0 Å². The number of hydrogen-bond donors (Lipinski definition) is 3. The van der Waals surface area contributed by atoms with Crippen molar-refractivity contribution >= 4 is 58.2 Å². The van der Waals surface area contributed by atoms with Crippen molar-refractivity contribution in [2.75, 3.05) is 10.2 Å². The fraction of sp³-hybridized carbons (Fsp3) is 0.304. The number of nitrogens with two attached hydrogens (primary N) is 2. The summed E-state index contributed by atoms with van der Waals surface area (Å²) in [7, 11) is 0. The summed E-state index contributed by atoms with van der Waals surface area (Å²) in [6, 6.07) is 9.33. The third-order valence-electron chi connectivity index (χ3n) is 7.05. The number of benzene rings is 2. The molecule has 2 aromatic rings. The van der Waals surface area contributed by atoms with Gasteiger partial charge in [0, 0.05) is 28.5 Å². The summed E-state index contributed by atoms with van der Waals surface area (Å²) in [6.45, 7) is 1.79. The lowest BCUT2D eigenvalue weighted by Gasteiger charge is -2.26. The first-order chi connectivity index (χ1) is 15.7. The maximum absolute atomic E-state index is 13.8. The van der Waals surface area contributed by atoms with E-state index in [0.29, 0.717) is 32.5 Å². The molecule has 4 amide bonds. The van der Waals surface area contributed by atoms with Crippen LogP contribution in [-0.4, -0.2) is 29.7 Å². The fourth-order valence-electron chi connectivity index (χ4n) is 5.57. The molecule has 0 radical (unpaired) electrons. The van der Waals surface area contributed by atoms with E-state index in [1.54, 1.807) is 48.6 Å². The van der Waals surface area contributed by atoms with Crippen molar-refractivity contribution in [1.29, 1.82) is 0 Å². The van der Waals surface area contributed by atoms with Gasteiger partial charge in [-0.3, -0.25) is 19.2 Å². The molecule has 2 aromatic carbocycles. The molecule has 5 rings (SSSR count). The van der Waals surface area contributed by atoms with E-state index in [1.807, 2.05) is 0 Å². The van der Waals surface area contributed by atoms with Gasteiger partial charge in [-0.05, 0) is 48.9 Å². The van der Waals surface area contributed by atoms with Crippen LogP contribution in [0.3, 0.4) is 0 Å². The Bertz CT molecular complexity index is 1230. The highest BCUT2D eigenvalue weighted by molar-refractivity contribution is 6.32. The van der Waals surface area contributed by atoms with E-state index in [1.165, 1.54) is 0 Å². The Morgan fingerprint density at radius 2 is 1.82 bits per heavy atom. The van der Waals surface area contributed by atoms with Gasteiger partial charge in [0.15, 0.2) is 0 Å². The number of fused-ring (bicyclic) bond motifs is 4. The number of anilines is 2. The summed E-state index contributed by atoms with van der Waals surface area (Å²) in [5, 5.41) is 5.62. The van der Waals surface area contributed by atoms with Gasteiger partial charge in [0.25, 0.3) is 5.91 Å². The van der Waals surface area contributed by atoms with E-state index >= 15 is 0 Å². The first-order valence-corrected chi connectivity index (χ1v) is 11.3. The third kappa shape index (κ3) is 3.01. The Morgan fingerprint density at radius 3 is 2.48 bits per heavy atom. The number of hydrogen-bond acceptors (Lipinski definition) is 4. The molecule has 3 aliphatic rings. The predicted octanol–water partition coefficient (Wildman–Crippen LogP) is 1.47. The molecule has 0 aliphatic carbocycles. The minimum atomic E-state index is -1.34. The zero-order chi connectivity index (χ0) is 23.7. The summed E-state index contributed by atoms with van der Waals surface area (Å²) in [5.74, 6) is -3.48. The molecule has 10 heteroatoms. The molecule has 3 heterocycles. The quantitative estimate of drug-likeness (QED) is 0.564. The van der Waals surface area contributed by atoms with E-state index < -0.39 is 41.1 Å². The number of carbonyl (C=O) groups excluding carboxylic acids is 4. The van der Waals surface area contributed by atoms with E-state index in [9.17, 15) is 19.2 Å². The van der Waals surface area contributed by atoms with Crippen LogP contribution in [0.1, 0.15) is 24.0 Å². The van der Waals surface area contributed by atoms with Crippen LogP contribution in [-0.2, 0) is 24.7 Å². The average Bonchev–Trinajstić information content (AvgIpc) is 3.35. The van der Waals surface area contributed by atoms with Crippen molar-refractivity contribution in [2.45, 2.75) is 31.3 Å². The molecule has 0 saturated carbocycles. The second-order valence-corrected chi connectivity index (χ2v) is 9.59. The molecule has 33 heavy (non-hydrogen) atoms. The highest BCUT2D eigenvalue weighted by Gasteiger charge is 2.74. The first-order valence-electron chi connectivity index (χ1n) is 10.6.